The number of fused-ring (bicyclic) bond motifs is 1. The highest BCUT2D eigenvalue weighted by Crippen LogP contribution is 2.40. The van der Waals surface area contributed by atoms with Gasteiger partial charge in [0.15, 0.2) is 0 Å². The summed E-state index contributed by atoms with van der Waals surface area (Å²) in [5.41, 5.74) is 2.81. The zero-order valence-corrected chi connectivity index (χ0v) is 12.8. The SMILES string of the molecule is CNCC(=O)N(C1CC1)C1CCCc2ccccc21.Cl. The molecule has 1 N–H and O–H groups in total. The molecule has 110 valence electrons. The number of nitrogens with one attached hydrogen (secondary N) is 1. The number of benzene rings is 1. The van der Waals surface area contributed by atoms with Gasteiger partial charge < -0.3 is 10.2 Å². The number of aryl methyl sites for hydroxylation is 1. The van der Waals surface area contributed by atoms with Gasteiger partial charge in [-0.3, -0.25) is 4.79 Å². The largest absolute Gasteiger partial charge is 0.332 e. The van der Waals surface area contributed by atoms with Crippen molar-refractivity contribution in [3.05, 3.63) is 35.4 Å². The van der Waals surface area contributed by atoms with E-state index in [0.717, 1.165) is 12.8 Å². The van der Waals surface area contributed by atoms with Crippen LogP contribution in [-0.4, -0.2) is 30.4 Å². The van der Waals surface area contributed by atoms with Gasteiger partial charge in [-0.1, -0.05) is 24.3 Å². The Morgan fingerprint density at radius 3 is 2.75 bits per heavy atom. The van der Waals surface area contributed by atoms with Crippen LogP contribution in [0.15, 0.2) is 24.3 Å². The predicted molar refractivity (Wildman–Crippen MR) is 83.2 cm³/mol. The molecule has 3 nitrogen and oxygen atoms in total. The molecule has 1 aromatic rings. The molecule has 2 aliphatic rings. The first-order valence-electron chi connectivity index (χ1n) is 7.35. The van der Waals surface area contributed by atoms with E-state index >= 15 is 0 Å². The van der Waals surface area contributed by atoms with Crippen LogP contribution in [0, 0.1) is 0 Å². The summed E-state index contributed by atoms with van der Waals surface area (Å²) in [5, 5.41) is 3.00. The fourth-order valence-electron chi connectivity index (χ4n) is 3.24. The van der Waals surface area contributed by atoms with Crippen LogP contribution in [0.25, 0.3) is 0 Å². The molecule has 3 rings (SSSR count). The summed E-state index contributed by atoms with van der Waals surface area (Å²) in [4.78, 5) is 14.6. The number of carbonyl (C=O) groups excluding carboxylic acids is 1. The van der Waals surface area contributed by atoms with Crippen molar-refractivity contribution in [2.45, 2.75) is 44.2 Å². The van der Waals surface area contributed by atoms with Crippen LogP contribution in [0.2, 0.25) is 0 Å². The molecule has 1 unspecified atom stereocenters. The third-order valence-electron chi connectivity index (χ3n) is 4.23. The molecule has 1 aromatic carbocycles. The second-order valence-corrected chi connectivity index (χ2v) is 5.67. The van der Waals surface area contributed by atoms with Crippen molar-refractivity contribution < 1.29 is 4.79 Å². The summed E-state index contributed by atoms with van der Waals surface area (Å²) >= 11 is 0. The van der Waals surface area contributed by atoms with Gasteiger partial charge in [-0.2, -0.15) is 0 Å². The molecule has 0 aromatic heterocycles. The number of amides is 1. The number of hydrogen-bond acceptors (Lipinski definition) is 2. The van der Waals surface area contributed by atoms with Crippen molar-refractivity contribution in [3.63, 3.8) is 0 Å². The van der Waals surface area contributed by atoms with Crippen LogP contribution in [-0.2, 0) is 11.2 Å². The maximum atomic E-state index is 12.4. The molecule has 4 heteroatoms. The zero-order valence-electron chi connectivity index (χ0n) is 12.0. The summed E-state index contributed by atoms with van der Waals surface area (Å²) < 4.78 is 0. The third kappa shape index (κ3) is 2.99. The van der Waals surface area contributed by atoms with Gasteiger partial charge in [-0.05, 0) is 50.3 Å². The Morgan fingerprint density at radius 1 is 1.30 bits per heavy atom. The standard InChI is InChI=1S/C16H22N2O.ClH/c1-17-11-16(19)18(13-9-10-13)15-8-4-6-12-5-2-3-7-14(12)15;/h2-3,5,7,13,15,17H,4,6,8-11H2,1H3;1H. The van der Waals surface area contributed by atoms with E-state index in [2.05, 4.69) is 34.5 Å². The lowest BCUT2D eigenvalue weighted by molar-refractivity contribution is -0.133. The Balaban J connectivity index is 0.00000147. The normalized spacial score (nSPS) is 20.8. The van der Waals surface area contributed by atoms with Crippen molar-refractivity contribution in [2.75, 3.05) is 13.6 Å². The molecular formula is C16H23ClN2O. The summed E-state index contributed by atoms with van der Waals surface area (Å²) in [5.74, 6) is 0.256. The van der Waals surface area contributed by atoms with Crippen LogP contribution in [0.1, 0.15) is 42.9 Å². The maximum absolute atomic E-state index is 12.4. The second kappa shape index (κ2) is 6.59. The molecule has 2 aliphatic carbocycles. The van der Waals surface area contributed by atoms with Crippen molar-refractivity contribution in [1.29, 1.82) is 0 Å². The zero-order chi connectivity index (χ0) is 13.2. The van der Waals surface area contributed by atoms with Gasteiger partial charge in [0.05, 0.1) is 12.6 Å². The molecule has 0 bridgehead atoms. The number of carbonyl (C=O) groups is 1. The smallest absolute Gasteiger partial charge is 0.237 e. The van der Waals surface area contributed by atoms with Gasteiger partial charge in [0.25, 0.3) is 0 Å². The van der Waals surface area contributed by atoms with Gasteiger partial charge in [-0.15, -0.1) is 12.4 Å². The van der Waals surface area contributed by atoms with Crippen LogP contribution in [0.4, 0.5) is 0 Å². The van der Waals surface area contributed by atoms with Crippen LogP contribution in [0.3, 0.4) is 0 Å². The van der Waals surface area contributed by atoms with Crippen LogP contribution in [0.5, 0.6) is 0 Å². The minimum absolute atomic E-state index is 0. The lowest BCUT2D eigenvalue weighted by atomic mass is 9.86. The lowest BCUT2D eigenvalue weighted by Gasteiger charge is -2.36. The lowest BCUT2D eigenvalue weighted by Crippen LogP contribution is -2.42. The van der Waals surface area contributed by atoms with E-state index < -0.39 is 0 Å². The van der Waals surface area contributed by atoms with E-state index in [9.17, 15) is 4.79 Å². The molecular weight excluding hydrogens is 272 g/mol. The maximum Gasteiger partial charge on any atom is 0.237 e. The Bertz CT molecular complexity index is 473. The minimum Gasteiger partial charge on any atom is -0.332 e. The second-order valence-electron chi connectivity index (χ2n) is 5.67. The highest BCUT2D eigenvalue weighted by molar-refractivity contribution is 5.85. The molecule has 0 radical (unpaired) electrons. The van der Waals surface area contributed by atoms with Gasteiger partial charge >= 0.3 is 0 Å². The third-order valence-corrected chi connectivity index (χ3v) is 4.23. The van der Waals surface area contributed by atoms with Crippen LogP contribution >= 0.6 is 12.4 Å². The summed E-state index contributed by atoms with van der Waals surface area (Å²) in [6.45, 7) is 0.454. The van der Waals surface area contributed by atoms with E-state index in [-0.39, 0.29) is 18.3 Å². The summed E-state index contributed by atoms with van der Waals surface area (Å²) in [6, 6.07) is 9.43. The topological polar surface area (TPSA) is 32.3 Å². The number of likely N-dealkylation sites (N-methyl/N-ethyl adjacent to an activating group) is 1. The van der Waals surface area contributed by atoms with Crippen molar-refractivity contribution in [3.8, 4) is 0 Å². The number of hydrogen-bond donors (Lipinski definition) is 1. The highest BCUT2D eigenvalue weighted by atomic mass is 35.5. The van der Waals surface area contributed by atoms with E-state index in [4.69, 9.17) is 0 Å². The molecule has 0 spiro atoms. The minimum atomic E-state index is 0. The van der Waals surface area contributed by atoms with E-state index in [0.29, 0.717) is 18.6 Å². The quantitative estimate of drug-likeness (QED) is 0.926. The van der Waals surface area contributed by atoms with Gasteiger partial charge in [0, 0.05) is 6.04 Å². The predicted octanol–water partition coefficient (Wildman–Crippen LogP) is 2.70. The first-order chi connectivity index (χ1) is 9.31. The van der Waals surface area contributed by atoms with E-state index in [1.807, 2.05) is 7.05 Å². The molecule has 20 heavy (non-hydrogen) atoms. The Morgan fingerprint density at radius 2 is 2.05 bits per heavy atom. The molecule has 0 heterocycles. The van der Waals surface area contributed by atoms with Gasteiger partial charge in [0.2, 0.25) is 5.91 Å². The molecule has 1 saturated carbocycles. The molecule has 1 atom stereocenters. The van der Waals surface area contributed by atoms with E-state index in [1.165, 1.54) is 30.4 Å². The van der Waals surface area contributed by atoms with Gasteiger partial charge in [0.1, 0.15) is 0 Å². The Kier molecular flexibility index (Phi) is 5.06. The summed E-state index contributed by atoms with van der Waals surface area (Å²) in [6.07, 6.45) is 5.81. The molecule has 0 saturated heterocycles. The first-order valence-corrected chi connectivity index (χ1v) is 7.35. The van der Waals surface area contributed by atoms with Crippen molar-refractivity contribution in [2.24, 2.45) is 0 Å². The van der Waals surface area contributed by atoms with E-state index in [1.54, 1.807) is 0 Å². The first kappa shape index (κ1) is 15.3. The molecule has 1 amide bonds. The Labute approximate surface area is 127 Å². The Hall–Kier alpha value is -1.06. The van der Waals surface area contributed by atoms with Crippen LogP contribution < -0.4 is 5.32 Å². The number of halogens is 1. The van der Waals surface area contributed by atoms with Crippen molar-refractivity contribution >= 4 is 18.3 Å². The average molecular weight is 295 g/mol. The molecule has 1 fully saturated rings. The summed E-state index contributed by atoms with van der Waals surface area (Å²) in [7, 11) is 1.85. The fourth-order valence-corrected chi connectivity index (χ4v) is 3.24. The monoisotopic (exact) mass is 294 g/mol. The number of nitrogens with zero attached hydrogens (tertiary/aromatic N) is 1. The number of rotatable bonds is 4. The van der Waals surface area contributed by atoms with Gasteiger partial charge in [-0.25, -0.2) is 0 Å². The van der Waals surface area contributed by atoms with Crippen molar-refractivity contribution in [1.82, 2.24) is 10.2 Å². The average Bonchev–Trinajstić information content (AvgIpc) is 3.24. The highest BCUT2D eigenvalue weighted by Gasteiger charge is 2.38. The fraction of sp³-hybridized carbons (Fsp3) is 0.562. The molecule has 0 aliphatic heterocycles.